The van der Waals surface area contributed by atoms with Crippen molar-refractivity contribution in [2.24, 2.45) is 0 Å². The molecule has 0 radical (unpaired) electrons. The Balaban J connectivity index is 2.68. The lowest BCUT2D eigenvalue weighted by atomic mass is 10.1. The van der Waals surface area contributed by atoms with Crippen molar-refractivity contribution in [2.75, 3.05) is 11.9 Å². The fraction of sp³-hybridized carbons (Fsp3) is 0.333. The van der Waals surface area contributed by atoms with Gasteiger partial charge in [0.05, 0.1) is 11.0 Å². The van der Waals surface area contributed by atoms with Crippen LogP contribution < -0.4 is 10.6 Å². The molecule has 0 spiro atoms. The highest BCUT2D eigenvalue weighted by molar-refractivity contribution is 9.10. The van der Waals surface area contributed by atoms with Crippen molar-refractivity contribution >= 4 is 33.6 Å². The molecule has 1 atom stereocenters. The minimum atomic E-state index is -2.07. The lowest BCUT2D eigenvalue weighted by Gasteiger charge is -2.18. The predicted molar refractivity (Wildman–Crippen MR) is 74.1 cm³/mol. The number of halogens is 2. The number of carboxylic acids is 1. The third kappa shape index (κ3) is 4.17. The Hall–Kier alpha value is -1.67. The van der Waals surface area contributed by atoms with Crippen LogP contribution in [0.25, 0.3) is 0 Å². The lowest BCUT2D eigenvalue weighted by molar-refractivity contribution is -0.155. The zero-order chi connectivity index (χ0) is 15.5. The third-order valence-electron chi connectivity index (χ3n) is 2.57. The minimum Gasteiger partial charge on any atom is -0.479 e. The number of carbonyl (C=O) groups excluding carboxylic acids is 1. The number of hydrogen-bond donors (Lipinski definition) is 4. The van der Waals surface area contributed by atoms with E-state index in [9.17, 15) is 19.1 Å². The van der Waals surface area contributed by atoms with E-state index in [0.29, 0.717) is 5.56 Å². The van der Waals surface area contributed by atoms with Crippen molar-refractivity contribution in [3.63, 3.8) is 0 Å². The molecule has 0 aliphatic rings. The summed E-state index contributed by atoms with van der Waals surface area (Å²) in [6, 6.07) is 1.89. The molecule has 0 fully saturated rings. The van der Waals surface area contributed by atoms with Gasteiger partial charge in [0.15, 0.2) is 5.60 Å². The first-order valence-corrected chi connectivity index (χ1v) is 6.39. The molecule has 4 N–H and O–H groups in total. The number of anilines is 1. The second kappa shape index (κ2) is 6.19. The summed E-state index contributed by atoms with van der Waals surface area (Å²) in [4.78, 5) is 22.2. The number of aliphatic carboxylic acids is 1. The van der Waals surface area contributed by atoms with Crippen LogP contribution in [0.1, 0.15) is 12.5 Å². The van der Waals surface area contributed by atoms with Crippen LogP contribution in [0.2, 0.25) is 0 Å². The van der Waals surface area contributed by atoms with Gasteiger partial charge >= 0.3 is 12.0 Å². The zero-order valence-electron chi connectivity index (χ0n) is 10.8. The number of aryl methyl sites for hydroxylation is 1. The average molecular weight is 349 g/mol. The maximum Gasteiger partial charge on any atom is 0.337 e. The highest BCUT2D eigenvalue weighted by Crippen LogP contribution is 2.23. The molecule has 0 saturated heterocycles. The Labute approximate surface area is 123 Å². The zero-order valence-corrected chi connectivity index (χ0v) is 12.4. The molecule has 1 rings (SSSR count). The molecule has 1 aromatic carbocycles. The van der Waals surface area contributed by atoms with Gasteiger partial charge in [0.2, 0.25) is 0 Å². The summed E-state index contributed by atoms with van der Waals surface area (Å²) < 4.78 is 13.6. The van der Waals surface area contributed by atoms with Crippen molar-refractivity contribution in [3.05, 3.63) is 28.0 Å². The van der Waals surface area contributed by atoms with Crippen molar-refractivity contribution in [3.8, 4) is 0 Å². The summed E-state index contributed by atoms with van der Waals surface area (Å²) in [5.74, 6) is -1.99. The predicted octanol–water partition coefficient (Wildman–Crippen LogP) is 1.85. The summed E-state index contributed by atoms with van der Waals surface area (Å²) in [5.41, 5.74) is -1.20. The van der Waals surface area contributed by atoms with Gasteiger partial charge in [-0.3, -0.25) is 0 Å². The van der Waals surface area contributed by atoms with Gasteiger partial charge < -0.3 is 20.8 Å². The average Bonchev–Trinajstić information content (AvgIpc) is 2.33. The van der Waals surface area contributed by atoms with Crippen LogP contribution >= 0.6 is 15.9 Å². The maximum atomic E-state index is 13.4. The van der Waals surface area contributed by atoms with Crippen LogP contribution in [0.4, 0.5) is 14.9 Å². The minimum absolute atomic E-state index is 0.248. The number of hydrogen-bond acceptors (Lipinski definition) is 3. The molecule has 6 nitrogen and oxygen atoms in total. The molecule has 0 aliphatic heterocycles. The maximum absolute atomic E-state index is 13.4. The Morgan fingerprint density at radius 3 is 2.60 bits per heavy atom. The van der Waals surface area contributed by atoms with E-state index < -0.39 is 30.0 Å². The summed E-state index contributed by atoms with van der Waals surface area (Å²) in [7, 11) is 0. The van der Waals surface area contributed by atoms with Gasteiger partial charge in [0.25, 0.3) is 0 Å². The smallest absolute Gasteiger partial charge is 0.337 e. The number of nitrogens with one attached hydrogen (secondary N) is 2. The highest BCUT2D eigenvalue weighted by Gasteiger charge is 2.30. The lowest BCUT2D eigenvalue weighted by Crippen LogP contribution is -2.47. The molecule has 0 aliphatic carbocycles. The number of carboxylic acid groups (broad SMARTS) is 1. The topological polar surface area (TPSA) is 98.7 Å². The summed E-state index contributed by atoms with van der Waals surface area (Å²) in [6.45, 7) is 2.25. The van der Waals surface area contributed by atoms with E-state index in [4.69, 9.17) is 5.11 Å². The molecule has 0 saturated carbocycles. The van der Waals surface area contributed by atoms with Crippen molar-refractivity contribution in [1.82, 2.24) is 5.32 Å². The van der Waals surface area contributed by atoms with Crippen LogP contribution in [0, 0.1) is 12.7 Å². The van der Waals surface area contributed by atoms with Crippen molar-refractivity contribution in [1.29, 1.82) is 0 Å². The molecule has 110 valence electrons. The Morgan fingerprint density at radius 1 is 1.45 bits per heavy atom. The molecule has 1 aromatic rings. The van der Waals surface area contributed by atoms with Crippen molar-refractivity contribution < 1.29 is 24.2 Å². The SMILES string of the molecule is Cc1cc(Br)c(F)cc1NC(=O)NCC(C)(O)C(=O)O. The van der Waals surface area contributed by atoms with Crippen LogP contribution in [-0.2, 0) is 4.79 Å². The van der Waals surface area contributed by atoms with Gasteiger partial charge in [-0.1, -0.05) is 0 Å². The monoisotopic (exact) mass is 348 g/mol. The number of benzene rings is 1. The van der Waals surface area contributed by atoms with Crippen LogP contribution in [-0.4, -0.2) is 34.4 Å². The largest absolute Gasteiger partial charge is 0.479 e. The number of urea groups is 1. The Kier molecular flexibility index (Phi) is 5.07. The molecular weight excluding hydrogens is 335 g/mol. The van der Waals surface area contributed by atoms with E-state index in [2.05, 4.69) is 26.6 Å². The second-order valence-electron chi connectivity index (χ2n) is 4.47. The van der Waals surface area contributed by atoms with E-state index in [1.54, 1.807) is 6.92 Å². The van der Waals surface area contributed by atoms with Gasteiger partial charge in [-0.25, -0.2) is 14.0 Å². The fourth-order valence-electron chi connectivity index (χ4n) is 1.28. The Morgan fingerprint density at radius 2 is 2.05 bits per heavy atom. The molecule has 0 heterocycles. The van der Waals surface area contributed by atoms with Gasteiger partial charge in [0.1, 0.15) is 5.82 Å². The fourth-order valence-corrected chi connectivity index (χ4v) is 1.73. The van der Waals surface area contributed by atoms with Gasteiger partial charge in [0, 0.05) is 5.69 Å². The van der Waals surface area contributed by atoms with Crippen molar-refractivity contribution in [2.45, 2.75) is 19.4 Å². The van der Waals surface area contributed by atoms with E-state index >= 15 is 0 Å². The van der Waals surface area contributed by atoms with Gasteiger partial charge in [-0.2, -0.15) is 0 Å². The van der Waals surface area contributed by atoms with Gasteiger partial charge in [-0.05, 0) is 47.5 Å². The first kappa shape index (κ1) is 16.4. The molecule has 8 heteroatoms. The second-order valence-corrected chi connectivity index (χ2v) is 5.32. The first-order chi connectivity index (χ1) is 9.13. The van der Waals surface area contributed by atoms with E-state index in [-0.39, 0.29) is 10.2 Å². The number of rotatable bonds is 4. The summed E-state index contributed by atoms with van der Waals surface area (Å²) in [6.07, 6.45) is 0. The van der Waals surface area contributed by atoms with Crippen LogP contribution in [0.15, 0.2) is 16.6 Å². The number of amides is 2. The first-order valence-electron chi connectivity index (χ1n) is 5.60. The molecule has 1 unspecified atom stereocenters. The molecule has 0 aromatic heterocycles. The summed E-state index contributed by atoms with van der Waals surface area (Å²) >= 11 is 3.02. The standard InChI is InChI=1S/C12H14BrFN2O4/c1-6-3-7(13)8(14)4-9(6)16-11(19)15-5-12(2,20)10(17)18/h3-4,20H,5H2,1-2H3,(H,17,18)(H2,15,16,19). The molecule has 0 bridgehead atoms. The van der Waals surface area contributed by atoms with Gasteiger partial charge in [-0.15, -0.1) is 0 Å². The molecule has 20 heavy (non-hydrogen) atoms. The van der Waals surface area contributed by atoms with Crippen LogP contribution in [0.3, 0.4) is 0 Å². The van der Waals surface area contributed by atoms with Crippen LogP contribution in [0.5, 0.6) is 0 Å². The van der Waals surface area contributed by atoms with E-state index in [1.165, 1.54) is 6.07 Å². The quantitative estimate of drug-likeness (QED) is 0.667. The third-order valence-corrected chi connectivity index (χ3v) is 3.18. The highest BCUT2D eigenvalue weighted by atomic mass is 79.9. The van der Waals surface area contributed by atoms with E-state index in [0.717, 1.165) is 13.0 Å². The Bertz CT molecular complexity index is 549. The summed E-state index contributed by atoms with van der Waals surface area (Å²) in [5, 5.41) is 22.7. The molecular formula is C12H14BrFN2O4. The molecule has 2 amide bonds. The number of aliphatic hydroxyl groups is 1. The number of carbonyl (C=O) groups is 2. The van der Waals surface area contributed by atoms with E-state index in [1.807, 2.05) is 0 Å². The normalized spacial score (nSPS) is 13.4.